The van der Waals surface area contributed by atoms with E-state index in [0.29, 0.717) is 31.7 Å². The van der Waals surface area contributed by atoms with Crippen LogP contribution in [-0.2, 0) is 14.3 Å². The number of ether oxygens (including phenoxy) is 1. The molecule has 0 atom stereocenters. The average Bonchev–Trinajstić information content (AvgIpc) is 2.84. The number of amides is 3. The second-order valence-electron chi connectivity index (χ2n) is 7.86. The molecule has 13 heteroatoms. The fourth-order valence-corrected chi connectivity index (χ4v) is 2.98. The van der Waals surface area contributed by atoms with Crippen molar-refractivity contribution in [2.24, 2.45) is 0 Å². The van der Waals surface area contributed by atoms with Crippen LogP contribution in [0.4, 0.5) is 18.0 Å². The zero-order valence-corrected chi connectivity index (χ0v) is 19.6. The zero-order valence-electron chi connectivity index (χ0n) is 19.6. The molecule has 1 fully saturated rings. The largest absolute Gasteiger partial charge is 0.445 e. The van der Waals surface area contributed by atoms with Gasteiger partial charge in [0, 0.05) is 44.1 Å². The van der Waals surface area contributed by atoms with E-state index < -0.39 is 18.3 Å². The van der Waals surface area contributed by atoms with Crippen LogP contribution in [0, 0.1) is 0 Å². The minimum atomic E-state index is -4.29. The van der Waals surface area contributed by atoms with Crippen LogP contribution in [0.5, 0.6) is 0 Å². The quantitative estimate of drug-likeness (QED) is 0.298. The molecular weight excluding hydrogens is 471 g/mol. The Bertz CT molecular complexity index is 857. The number of alkyl halides is 3. The number of carbonyl (C=O) groups excluding carboxylic acids is 4. The van der Waals surface area contributed by atoms with Gasteiger partial charge in [-0.15, -0.1) is 0 Å². The van der Waals surface area contributed by atoms with Crippen molar-refractivity contribution in [2.45, 2.75) is 25.6 Å². The lowest BCUT2D eigenvalue weighted by Crippen LogP contribution is -2.61. The molecule has 0 aliphatic carbocycles. The van der Waals surface area contributed by atoms with E-state index in [0.717, 1.165) is 0 Å². The van der Waals surface area contributed by atoms with E-state index in [-0.39, 0.29) is 37.3 Å². The number of carbonyl (C=O) groups is 4. The number of aromatic nitrogens is 1. The van der Waals surface area contributed by atoms with Gasteiger partial charge in [-0.25, -0.2) is 4.79 Å². The van der Waals surface area contributed by atoms with Crippen molar-refractivity contribution in [3.63, 3.8) is 0 Å². The molecule has 0 radical (unpaired) electrons. The smallest absolute Gasteiger partial charge is 0.410 e. The van der Waals surface area contributed by atoms with Crippen LogP contribution in [0.15, 0.2) is 37.2 Å². The van der Waals surface area contributed by atoms with E-state index in [2.05, 4.69) is 16.9 Å². The summed E-state index contributed by atoms with van der Waals surface area (Å²) in [5.41, 5.74) is -0.339. The number of halogens is 3. The summed E-state index contributed by atoms with van der Waals surface area (Å²) in [6.07, 6.45) is -0.0721. The molecule has 0 unspecified atom stereocenters. The summed E-state index contributed by atoms with van der Waals surface area (Å²) >= 11 is 0. The van der Waals surface area contributed by atoms with Crippen molar-refractivity contribution in [1.82, 2.24) is 25.4 Å². The van der Waals surface area contributed by atoms with Crippen LogP contribution < -0.4 is 10.6 Å². The molecule has 194 valence electrons. The lowest BCUT2D eigenvalue weighted by molar-refractivity contribution is -0.132. The number of hydrogen-bond donors (Lipinski definition) is 2. The SMILES string of the molecule is C=CCOC(=O)N1CCN(C(C)(C)C(=O)NCC(=O)c2cccnc2)CC1.O=CNCC(F)(F)F. The first-order chi connectivity index (χ1) is 16.4. The molecule has 1 saturated heterocycles. The van der Waals surface area contributed by atoms with E-state index in [9.17, 15) is 32.3 Å². The van der Waals surface area contributed by atoms with E-state index in [1.807, 2.05) is 18.7 Å². The number of nitrogens with zero attached hydrogens (tertiary/aromatic N) is 3. The number of pyridine rings is 1. The molecular formula is C22H30F3N5O5. The Hall–Kier alpha value is -3.48. The van der Waals surface area contributed by atoms with Crippen molar-refractivity contribution in [1.29, 1.82) is 0 Å². The number of nitrogens with one attached hydrogen (secondary N) is 2. The molecule has 2 rings (SSSR count). The summed E-state index contributed by atoms with van der Waals surface area (Å²) in [4.78, 5) is 53.4. The van der Waals surface area contributed by atoms with Gasteiger partial charge in [-0.3, -0.25) is 24.3 Å². The highest BCUT2D eigenvalue weighted by molar-refractivity contribution is 5.99. The topological polar surface area (TPSA) is 121 Å². The average molecular weight is 502 g/mol. The normalized spacial score (nSPS) is 14.1. The van der Waals surface area contributed by atoms with Crippen molar-refractivity contribution < 1.29 is 37.1 Å². The third-order valence-corrected chi connectivity index (χ3v) is 4.99. The van der Waals surface area contributed by atoms with Gasteiger partial charge in [0.15, 0.2) is 5.78 Å². The second-order valence-corrected chi connectivity index (χ2v) is 7.86. The molecule has 0 aromatic carbocycles. The van der Waals surface area contributed by atoms with Gasteiger partial charge in [-0.1, -0.05) is 12.7 Å². The Labute approximate surface area is 201 Å². The Morgan fingerprint density at radius 2 is 1.86 bits per heavy atom. The van der Waals surface area contributed by atoms with E-state index in [1.54, 1.807) is 23.2 Å². The predicted octanol–water partition coefficient (Wildman–Crippen LogP) is 1.39. The maximum absolute atomic E-state index is 12.6. The van der Waals surface area contributed by atoms with Crippen LogP contribution in [0.25, 0.3) is 0 Å². The number of rotatable bonds is 9. The van der Waals surface area contributed by atoms with Crippen LogP contribution in [0.3, 0.4) is 0 Å². The summed E-state index contributed by atoms with van der Waals surface area (Å²) in [6, 6.07) is 3.34. The number of piperazine rings is 1. The van der Waals surface area contributed by atoms with Crippen LogP contribution >= 0.6 is 0 Å². The molecule has 1 aromatic rings. The molecule has 0 saturated carbocycles. The Balaban J connectivity index is 0.000000658. The third-order valence-electron chi connectivity index (χ3n) is 4.99. The van der Waals surface area contributed by atoms with Crippen LogP contribution in [0.1, 0.15) is 24.2 Å². The summed E-state index contributed by atoms with van der Waals surface area (Å²) in [7, 11) is 0. The molecule has 0 spiro atoms. The first-order valence-corrected chi connectivity index (χ1v) is 10.6. The lowest BCUT2D eigenvalue weighted by atomic mass is 10.00. The van der Waals surface area contributed by atoms with Crippen molar-refractivity contribution >= 4 is 24.2 Å². The van der Waals surface area contributed by atoms with E-state index >= 15 is 0 Å². The fourth-order valence-electron chi connectivity index (χ4n) is 2.98. The Kier molecular flexibility index (Phi) is 11.9. The van der Waals surface area contributed by atoms with Crippen LogP contribution in [-0.4, -0.2) is 96.6 Å². The van der Waals surface area contributed by atoms with Crippen molar-refractivity contribution in [3.05, 3.63) is 42.7 Å². The van der Waals surface area contributed by atoms with Gasteiger partial charge in [0.1, 0.15) is 13.2 Å². The van der Waals surface area contributed by atoms with Crippen molar-refractivity contribution in [2.75, 3.05) is 45.9 Å². The fraction of sp³-hybridized carbons (Fsp3) is 0.500. The van der Waals surface area contributed by atoms with Crippen LogP contribution in [0.2, 0.25) is 0 Å². The molecule has 3 amide bonds. The monoisotopic (exact) mass is 501 g/mol. The molecule has 2 heterocycles. The summed E-state index contributed by atoms with van der Waals surface area (Å²) in [6.45, 7) is 8.01. The molecule has 1 aliphatic heterocycles. The van der Waals surface area contributed by atoms with Crippen molar-refractivity contribution in [3.8, 4) is 0 Å². The molecule has 1 aliphatic rings. The third kappa shape index (κ3) is 10.5. The van der Waals surface area contributed by atoms with Gasteiger partial charge in [-0.05, 0) is 26.0 Å². The van der Waals surface area contributed by atoms with Gasteiger partial charge in [-0.2, -0.15) is 13.2 Å². The first-order valence-electron chi connectivity index (χ1n) is 10.6. The minimum Gasteiger partial charge on any atom is -0.445 e. The molecule has 10 nitrogen and oxygen atoms in total. The second kappa shape index (κ2) is 14.0. The zero-order chi connectivity index (χ0) is 26.5. The van der Waals surface area contributed by atoms with Gasteiger partial charge in [0.2, 0.25) is 12.3 Å². The van der Waals surface area contributed by atoms with Gasteiger partial charge < -0.3 is 20.3 Å². The van der Waals surface area contributed by atoms with Gasteiger partial charge in [0.05, 0.1) is 12.1 Å². The predicted molar refractivity (Wildman–Crippen MR) is 120 cm³/mol. The first kappa shape index (κ1) is 29.6. The van der Waals surface area contributed by atoms with Gasteiger partial charge >= 0.3 is 12.3 Å². The summed E-state index contributed by atoms with van der Waals surface area (Å²) in [5.74, 6) is -0.426. The highest BCUT2D eigenvalue weighted by Gasteiger charge is 2.37. The molecule has 35 heavy (non-hydrogen) atoms. The standard InChI is InChI=1S/C19H26N4O4.C3H4F3NO/c1-4-12-27-18(26)22-8-10-23(11-9-22)19(2,3)17(25)21-14-16(24)15-6-5-7-20-13-15;4-3(5,6)1-7-2-8/h4-7,13H,1,8-12,14H2,2-3H3,(H,21,25);2H,1H2,(H,7,8). The van der Waals surface area contributed by atoms with Gasteiger partial charge in [0.25, 0.3) is 0 Å². The maximum Gasteiger partial charge on any atom is 0.410 e. The summed E-state index contributed by atoms with van der Waals surface area (Å²) < 4.78 is 38.1. The maximum atomic E-state index is 12.6. The summed E-state index contributed by atoms with van der Waals surface area (Å²) in [5, 5.41) is 4.19. The molecule has 1 aromatic heterocycles. The lowest BCUT2D eigenvalue weighted by Gasteiger charge is -2.42. The van der Waals surface area contributed by atoms with E-state index in [1.165, 1.54) is 17.6 Å². The number of ketones is 1. The number of Topliss-reactive ketones (excluding diaryl/α,β-unsaturated/α-hetero) is 1. The Morgan fingerprint density at radius 3 is 2.34 bits per heavy atom. The molecule has 2 N–H and O–H groups in total. The highest BCUT2D eigenvalue weighted by atomic mass is 19.4. The molecule has 0 bridgehead atoms. The highest BCUT2D eigenvalue weighted by Crippen LogP contribution is 2.18. The number of hydrogen-bond acceptors (Lipinski definition) is 7. The minimum absolute atomic E-state index is 0.00743. The Morgan fingerprint density at radius 1 is 1.20 bits per heavy atom. The van der Waals surface area contributed by atoms with E-state index in [4.69, 9.17) is 4.74 Å².